The number of rotatable bonds is 2. The number of nitrogens with one attached hydrogen (secondary N) is 1. The predicted molar refractivity (Wildman–Crippen MR) is 65.3 cm³/mol. The first-order valence-electron chi connectivity index (χ1n) is 5.01. The summed E-state index contributed by atoms with van der Waals surface area (Å²) in [4.78, 5) is 0. The number of nitriles is 1. The molecule has 3 N–H and O–H groups in total. The van der Waals surface area contributed by atoms with E-state index in [1.165, 1.54) is 6.07 Å². The average Bonchev–Trinajstić information content (AvgIpc) is 2.33. The van der Waals surface area contributed by atoms with Gasteiger partial charge in [0.15, 0.2) is 0 Å². The van der Waals surface area contributed by atoms with Gasteiger partial charge in [-0.15, -0.1) is 0 Å². The van der Waals surface area contributed by atoms with Crippen molar-refractivity contribution < 1.29 is 4.39 Å². The molecule has 84 valence electrons. The Labute approximate surface area is 98.3 Å². The lowest BCUT2D eigenvalue weighted by Crippen LogP contribution is -1.95. The molecule has 4 heteroatoms. The van der Waals surface area contributed by atoms with Crippen LogP contribution in [0.25, 0.3) is 0 Å². The Hall–Kier alpha value is -2.54. The minimum Gasteiger partial charge on any atom is -0.399 e. The van der Waals surface area contributed by atoms with Crippen molar-refractivity contribution in [2.75, 3.05) is 11.1 Å². The highest BCUT2D eigenvalue weighted by molar-refractivity contribution is 5.63. The molecule has 0 heterocycles. The van der Waals surface area contributed by atoms with E-state index in [0.717, 1.165) is 0 Å². The molecule has 0 aliphatic rings. The maximum atomic E-state index is 13.5. The van der Waals surface area contributed by atoms with Crippen LogP contribution in [0.1, 0.15) is 5.56 Å². The van der Waals surface area contributed by atoms with Crippen molar-refractivity contribution in [2.45, 2.75) is 0 Å². The van der Waals surface area contributed by atoms with Crippen LogP contribution < -0.4 is 11.1 Å². The number of benzene rings is 2. The van der Waals surface area contributed by atoms with Gasteiger partial charge in [-0.3, -0.25) is 0 Å². The molecule has 2 aromatic rings. The van der Waals surface area contributed by atoms with Crippen LogP contribution in [0.5, 0.6) is 0 Å². The Morgan fingerprint density at radius 3 is 2.71 bits per heavy atom. The van der Waals surface area contributed by atoms with E-state index in [1.807, 2.05) is 6.07 Å². The average molecular weight is 227 g/mol. The third-order valence-electron chi connectivity index (χ3n) is 2.26. The summed E-state index contributed by atoms with van der Waals surface area (Å²) in [5.41, 5.74) is 7.34. The zero-order valence-electron chi connectivity index (χ0n) is 8.94. The minimum atomic E-state index is -0.424. The molecule has 0 atom stereocenters. The van der Waals surface area contributed by atoms with Gasteiger partial charge in [0, 0.05) is 11.4 Å². The van der Waals surface area contributed by atoms with Gasteiger partial charge in [0.05, 0.1) is 17.3 Å². The fourth-order valence-electron chi connectivity index (χ4n) is 1.45. The van der Waals surface area contributed by atoms with Gasteiger partial charge < -0.3 is 11.1 Å². The largest absolute Gasteiger partial charge is 0.399 e. The van der Waals surface area contributed by atoms with E-state index < -0.39 is 5.82 Å². The molecule has 0 aliphatic carbocycles. The number of nitrogens with zero attached hydrogens (tertiary/aromatic N) is 1. The lowest BCUT2D eigenvalue weighted by atomic mass is 10.2. The summed E-state index contributed by atoms with van der Waals surface area (Å²) in [6.45, 7) is 0. The van der Waals surface area contributed by atoms with Gasteiger partial charge in [-0.2, -0.15) is 5.26 Å². The monoisotopic (exact) mass is 227 g/mol. The third-order valence-corrected chi connectivity index (χ3v) is 2.26. The smallest absolute Gasteiger partial charge is 0.148 e. The van der Waals surface area contributed by atoms with Crippen molar-refractivity contribution in [3.05, 3.63) is 53.8 Å². The first kappa shape index (κ1) is 11.0. The van der Waals surface area contributed by atoms with Crippen LogP contribution in [0.3, 0.4) is 0 Å². The van der Waals surface area contributed by atoms with Crippen LogP contribution in [-0.4, -0.2) is 0 Å². The predicted octanol–water partition coefficient (Wildman–Crippen LogP) is 3.02. The highest BCUT2D eigenvalue weighted by Crippen LogP contribution is 2.22. The highest BCUT2D eigenvalue weighted by atomic mass is 19.1. The van der Waals surface area contributed by atoms with E-state index in [1.54, 1.807) is 36.4 Å². The summed E-state index contributed by atoms with van der Waals surface area (Å²) >= 11 is 0. The van der Waals surface area contributed by atoms with Crippen molar-refractivity contribution in [3.63, 3.8) is 0 Å². The molecule has 0 amide bonds. The number of nitrogens with two attached hydrogens (primary N) is 1. The van der Waals surface area contributed by atoms with Gasteiger partial charge in [0.25, 0.3) is 0 Å². The summed E-state index contributed by atoms with van der Waals surface area (Å²) in [6.07, 6.45) is 0. The molecule has 0 saturated heterocycles. The Kier molecular flexibility index (Phi) is 2.93. The van der Waals surface area contributed by atoms with Gasteiger partial charge >= 0.3 is 0 Å². The fraction of sp³-hybridized carbons (Fsp3) is 0. The molecule has 0 bridgehead atoms. The van der Waals surface area contributed by atoms with E-state index in [-0.39, 0.29) is 0 Å². The number of hydrogen-bond acceptors (Lipinski definition) is 3. The van der Waals surface area contributed by atoms with Crippen molar-refractivity contribution in [2.24, 2.45) is 0 Å². The summed E-state index contributed by atoms with van der Waals surface area (Å²) in [5, 5.41) is 11.6. The molecule has 0 unspecified atom stereocenters. The molecule has 0 saturated carbocycles. The Balaban J connectivity index is 2.28. The Bertz CT molecular complexity index is 587. The van der Waals surface area contributed by atoms with E-state index >= 15 is 0 Å². The maximum absolute atomic E-state index is 13.5. The zero-order chi connectivity index (χ0) is 12.3. The van der Waals surface area contributed by atoms with Gasteiger partial charge in [-0.25, -0.2) is 4.39 Å². The second-order valence-electron chi connectivity index (χ2n) is 3.56. The van der Waals surface area contributed by atoms with Crippen molar-refractivity contribution in [1.82, 2.24) is 0 Å². The first-order valence-corrected chi connectivity index (χ1v) is 5.01. The SMILES string of the molecule is N#Cc1cccc(Nc2ccc(N)cc2F)c1. The summed E-state index contributed by atoms with van der Waals surface area (Å²) in [6, 6.07) is 13.3. The van der Waals surface area contributed by atoms with Crippen LogP contribution in [0.4, 0.5) is 21.5 Å². The highest BCUT2D eigenvalue weighted by Gasteiger charge is 2.03. The number of anilines is 3. The molecule has 2 aromatic carbocycles. The van der Waals surface area contributed by atoms with Crippen LogP contribution >= 0.6 is 0 Å². The summed E-state index contributed by atoms with van der Waals surface area (Å²) in [5.74, 6) is -0.424. The number of hydrogen-bond donors (Lipinski definition) is 2. The van der Waals surface area contributed by atoms with Crippen molar-refractivity contribution in [1.29, 1.82) is 5.26 Å². The molecule has 3 nitrogen and oxygen atoms in total. The maximum Gasteiger partial charge on any atom is 0.148 e. The molecule has 0 fully saturated rings. The molecule has 0 spiro atoms. The van der Waals surface area contributed by atoms with E-state index in [2.05, 4.69) is 5.32 Å². The molecule has 0 aliphatic heterocycles. The molecular weight excluding hydrogens is 217 g/mol. The summed E-state index contributed by atoms with van der Waals surface area (Å²) < 4.78 is 13.5. The summed E-state index contributed by atoms with van der Waals surface area (Å²) in [7, 11) is 0. The van der Waals surface area contributed by atoms with Crippen LogP contribution in [0, 0.1) is 17.1 Å². The van der Waals surface area contributed by atoms with E-state index in [9.17, 15) is 4.39 Å². The lowest BCUT2D eigenvalue weighted by Gasteiger charge is -2.08. The van der Waals surface area contributed by atoms with Gasteiger partial charge in [-0.1, -0.05) is 6.07 Å². The molecule has 0 aromatic heterocycles. The van der Waals surface area contributed by atoms with Crippen molar-refractivity contribution in [3.8, 4) is 6.07 Å². The number of nitrogen functional groups attached to an aromatic ring is 1. The minimum absolute atomic E-state index is 0.328. The normalized spacial score (nSPS) is 9.65. The van der Waals surface area contributed by atoms with Crippen LogP contribution in [0.15, 0.2) is 42.5 Å². The second kappa shape index (κ2) is 4.54. The van der Waals surface area contributed by atoms with Gasteiger partial charge in [0.2, 0.25) is 0 Å². The fourth-order valence-corrected chi connectivity index (χ4v) is 1.45. The van der Waals surface area contributed by atoms with Gasteiger partial charge in [-0.05, 0) is 36.4 Å². The topological polar surface area (TPSA) is 61.8 Å². The second-order valence-corrected chi connectivity index (χ2v) is 3.56. The van der Waals surface area contributed by atoms with E-state index in [0.29, 0.717) is 22.6 Å². The van der Waals surface area contributed by atoms with Gasteiger partial charge in [0.1, 0.15) is 5.82 Å². The number of halogens is 1. The first-order chi connectivity index (χ1) is 8.19. The van der Waals surface area contributed by atoms with Crippen molar-refractivity contribution >= 4 is 17.1 Å². The Morgan fingerprint density at radius 1 is 1.18 bits per heavy atom. The molecule has 0 radical (unpaired) electrons. The van der Waals surface area contributed by atoms with E-state index in [4.69, 9.17) is 11.0 Å². The molecular formula is C13H10FN3. The quantitative estimate of drug-likeness (QED) is 0.775. The lowest BCUT2D eigenvalue weighted by molar-refractivity contribution is 0.632. The third kappa shape index (κ3) is 2.52. The zero-order valence-corrected chi connectivity index (χ0v) is 8.94. The molecule has 2 rings (SSSR count). The van der Waals surface area contributed by atoms with Crippen LogP contribution in [0.2, 0.25) is 0 Å². The molecule has 17 heavy (non-hydrogen) atoms. The standard InChI is InChI=1S/C13H10FN3/c14-12-7-10(16)4-5-13(12)17-11-3-1-2-9(6-11)8-15/h1-7,17H,16H2. The Morgan fingerprint density at radius 2 is 2.00 bits per heavy atom. The van der Waals surface area contributed by atoms with Crippen LogP contribution in [-0.2, 0) is 0 Å².